The van der Waals surface area contributed by atoms with Crippen molar-refractivity contribution in [3.8, 4) is 11.5 Å². The van der Waals surface area contributed by atoms with Crippen LogP contribution in [0.2, 0.25) is 18.1 Å². The van der Waals surface area contributed by atoms with Crippen molar-refractivity contribution in [2.75, 3.05) is 26.9 Å². The van der Waals surface area contributed by atoms with E-state index in [1.54, 1.807) is 0 Å². The Bertz CT molecular complexity index is 1130. The minimum absolute atomic E-state index is 0.0389. The molecule has 0 saturated carbocycles. The van der Waals surface area contributed by atoms with Crippen molar-refractivity contribution in [2.45, 2.75) is 82.5 Å². The molecule has 0 amide bonds. The van der Waals surface area contributed by atoms with Crippen LogP contribution in [0.1, 0.15) is 43.0 Å². The van der Waals surface area contributed by atoms with Crippen molar-refractivity contribution < 1.29 is 38.7 Å². The highest BCUT2D eigenvalue weighted by Crippen LogP contribution is 2.42. The standard InChI is InChI=1S/C29H42O8Si/c1-18-8-10-21(16-20(18)14-19-9-11-22-23(15-19)35-13-12-34-22)29(33-5)27(32)26(31)25(30)24(37-29)17-36-38(6,7)28(2,3)4/h8-11,15-16,24-27,30-32H,12-14,17H2,1-7H3/t24-,25-,26+,27-,29+/m1/s1. The number of hydrogen-bond donors (Lipinski definition) is 3. The van der Waals surface area contributed by atoms with Crippen molar-refractivity contribution >= 4 is 8.32 Å². The number of aryl methyl sites for hydroxylation is 1. The largest absolute Gasteiger partial charge is 0.486 e. The number of ether oxygens (including phenoxy) is 4. The van der Waals surface area contributed by atoms with E-state index in [4.69, 9.17) is 23.4 Å². The molecule has 0 spiro atoms. The highest BCUT2D eigenvalue weighted by Gasteiger charge is 2.55. The number of methoxy groups -OCH3 is 1. The summed E-state index contributed by atoms with van der Waals surface area (Å²) in [5, 5.41) is 32.8. The molecule has 2 aliphatic heterocycles. The molecule has 210 valence electrons. The maximum absolute atomic E-state index is 11.1. The van der Waals surface area contributed by atoms with Gasteiger partial charge in [0, 0.05) is 12.7 Å². The van der Waals surface area contributed by atoms with E-state index in [0.29, 0.717) is 25.2 Å². The zero-order chi connectivity index (χ0) is 27.9. The third kappa shape index (κ3) is 5.51. The highest BCUT2D eigenvalue weighted by molar-refractivity contribution is 6.74. The van der Waals surface area contributed by atoms with Crippen LogP contribution < -0.4 is 9.47 Å². The first-order valence-electron chi connectivity index (χ1n) is 13.2. The van der Waals surface area contributed by atoms with Crippen molar-refractivity contribution in [2.24, 2.45) is 0 Å². The Labute approximate surface area is 226 Å². The Hall–Kier alpha value is -1.98. The number of rotatable bonds is 7. The number of aliphatic hydroxyl groups excluding tert-OH is 3. The lowest BCUT2D eigenvalue weighted by molar-refractivity contribution is -0.365. The molecule has 0 radical (unpaired) electrons. The predicted octanol–water partition coefficient (Wildman–Crippen LogP) is 3.66. The molecule has 2 heterocycles. The third-order valence-electron chi connectivity index (χ3n) is 8.24. The van der Waals surface area contributed by atoms with Crippen molar-refractivity contribution in [3.05, 3.63) is 58.7 Å². The third-order valence-corrected chi connectivity index (χ3v) is 12.7. The second-order valence-corrected chi connectivity index (χ2v) is 16.6. The molecule has 5 atom stereocenters. The van der Waals surface area contributed by atoms with Crippen LogP contribution in [0, 0.1) is 6.92 Å². The number of aliphatic hydroxyl groups is 3. The molecule has 0 aliphatic carbocycles. The molecule has 4 rings (SSSR count). The van der Waals surface area contributed by atoms with Gasteiger partial charge in [-0.2, -0.15) is 0 Å². The summed E-state index contributed by atoms with van der Waals surface area (Å²) in [5.74, 6) is -0.222. The molecule has 2 aliphatic rings. The van der Waals surface area contributed by atoms with Gasteiger partial charge in [0.2, 0.25) is 5.79 Å². The van der Waals surface area contributed by atoms with E-state index in [-0.39, 0.29) is 11.6 Å². The van der Waals surface area contributed by atoms with E-state index in [1.807, 2.05) is 43.3 Å². The van der Waals surface area contributed by atoms with Crippen LogP contribution in [0.25, 0.3) is 0 Å². The van der Waals surface area contributed by atoms with E-state index in [9.17, 15) is 15.3 Å². The molecule has 0 bridgehead atoms. The fourth-order valence-electron chi connectivity index (χ4n) is 4.66. The topological polar surface area (TPSA) is 107 Å². The Kier molecular flexibility index (Phi) is 8.31. The average Bonchev–Trinajstić information content (AvgIpc) is 2.88. The zero-order valence-electron chi connectivity index (χ0n) is 23.5. The van der Waals surface area contributed by atoms with Crippen LogP contribution in [0.3, 0.4) is 0 Å². The second-order valence-electron chi connectivity index (χ2n) is 11.8. The van der Waals surface area contributed by atoms with Crippen LogP contribution in [-0.2, 0) is 26.1 Å². The minimum atomic E-state index is -2.16. The van der Waals surface area contributed by atoms with Crippen LogP contribution in [0.4, 0.5) is 0 Å². The summed E-state index contributed by atoms with van der Waals surface area (Å²) < 4.78 is 29.8. The van der Waals surface area contributed by atoms with Gasteiger partial charge < -0.3 is 38.7 Å². The predicted molar refractivity (Wildman–Crippen MR) is 146 cm³/mol. The van der Waals surface area contributed by atoms with E-state index < -0.39 is 38.5 Å². The minimum Gasteiger partial charge on any atom is -0.486 e. The Balaban J connectivity index is 1.63. The average molecular weight is 547 g/mol. The summed E-state index contributed by atoms with van der Waals surface area (Å²) in [6.45, 7) is 13.8. The molecular weight excluding hydrogens is 504 g/mol. The van der Waals surface area contributed by atoms with Crippen LogP contribution in [0.15, 0.2) is 36.4 Å². The van der Waals surface area contributed by atoms with Crippen molar-refractivity contribution in [1.29, 1.82) is 0 Å². The number of hydrogen-bond acceptors (Lipinski definition) is 8. The lowest BCUT2D eigenvalue weighted by Crippen LogP contribution is -2.64. The summed E-state index contributed by atoms with van der Waals surface area (Å²) in [6.07, 6.45) is -4.63. The smallest absolute Gasteiger partial charge is 0.224 e. The zero-order valence-corrected chi connectivity index (χ0v) is 24.5. The summed E-state index contributed by atoms with van der Waals surface area (Å²) in [7, 11) is -0.729. The van der Waals surface area contributed by atoms with E-state index in [1.165, 1.54) is 7.11 Å². The molecular formula is C29H42O8Si. The normalized spacial score (nSPS) is 27.8. The van der Waals surface area contributed by atoms with Gasteiger partial charge in [-0.1, -0.05) is 39.0 Å². The first-order chi connectivity index (χ1) is 17.8. The molecule has 2 aromatic carbocycles. The van der Waals surface area contributed by atoms with Crippen molar-refractivity contribution in [1.82, 2.24) is 0 Å². The van der Waals surface area contributed by atoms with Gasteiger partial charge in [0.15, 0.2) is 19.8 Å². The fourth-order valence-corrected chi connectivity index (χ4v) is 5.67. The fraction of sp³-hybridized carbons (Fsp3) is 0.586. The van der Waals surface area contributed by atoms with Gasteiger partial charge in [-0.25, -0.2) is 0 Å². The van der Waals surface area contributed by atoms with Gasteiger partial charge in [-0.15, -0.1) is 0 Å². The lowest BCUT2D eigenvalue weighted by Gasteiger charge is -2.49. The van der Waals surface area contributed by atoms with Gasteiger partial charge in [0.25, 0.3) is 0 Å². The maximum atomic E-state index is 11.1. The number of benzene rings is 2. The van der Waals surface area contributed by atoms with Crippen LogP contribution in [0.5, 0.6) is 11.5 Å². The van der Waals surface area contributed by atoms with Gasteiger partial charge in [-0.3, -0.25) is 0 Å². The first kappa shape index (κ1) is 29.0. The van der Waals surface area contributed by atoms with E-state index in [0.717, 1.165) is 28.2 Å². The first-order valence-corrected chi connectivity index (χ1v) is 16.1. The molecule has 9 heteroatoms. The molecule has 38 heavy (non-hydrogen) atoms. The summed E-state index contributed by atoms with van der Waals surface area (Å²) in [4.78, 5) is 0. The molecule has 1 fully saturated rings. The molecule has 0 unspecified atom stereocenters. The van der Waals surface area contributed by atoms with E-state index >= 15 is 0 Å². The molecule has 8 nitrogen and oxygen atoms in total. The Morgan fingerprint density at radius 2 is 1.66 bits per heavy atom. The monoisotopic (exact) mass is 546 g/mol. The van der Waals surface area contributed by atoms with Crippen LogP contribution >= 0.6 is 0 Å². The molecule has 1 saturated heterocycles. The summed E-state index contributed by atoms with van der Waals surface area (Å²) >= 11 is 0. The second kappa shape index (κ2) is 10.9. The van der Waals surface area contributed by atoms with Gasteiger partial charge in [-0.05, 0) is 66.4 Å². The van der Waals surface area contributed by atoms with Crippen LogP contribution in [-0.4, -0.2) is 75.0 Å². The lowest BCUT2D eigenvalue weighted by atomic mass is 9.86. The quantitative estimate of drug-likeness (QED) is 0.452. The SMILES string of the molecule is CO[C@@]1(c2ccc(C)c(Cc3ccc4c(c3)OCCO4)c2)O[C@H](CO[Si](C)(C)C(C)(C)C)[C@@H](O)[C@H](O)[C@H]1O. The summed E-state index contributed by atoms with van der Waals surface area (Å²) in [5.41, 5.74) is 3.65. The van der Waals surface area contributed by atoms with Gasteiger partial charge >= 0.3 is 0 Å². The van der Waals surface area contributed by atoms with Crippen molar-refractivity contribution in [3.63, 3.8) is 0 Å². The van der Waals surface area contributed by atoms with Gasteiger partial charge in [0.1, 0.15) is 37.6 Å². The summed E-state index contributed by atoms with van der Waals surface area (Å²) in [6, 6.07) is 11.6. The number of fused-ring (bicyclic) bond motifs is 1. The highest BCUT2D eigenvalue weighted by atomic mass is 28.4. The Morgan fingerprint density at radius 3 is 2.32 bits per heavy atom. The Morgan fingerprint density at radius 1 is 0.974 bits per heavy atom. The molecule has 3 N–H and O–H groups in total. The molecule has 0 aromatic heterocycles. The van der Waals surface area contributed by atoms with Gasteiger partial charge in [0.05, 0.1) is 6.61 Å². The maximum Gasteiger partial charge on any atom is 0.224 e. The molecule has 2 aromatic rings. The van der Waals surface area contributed by atoms with E-state index in [2.05, 4.69) is 33.9 Å².